The minimum Gasteiger partial charge on any atom is -0.290 e. The SMILES string of the molecule is CS(I)(I)[S-](=S)=S. The van der Waals surface area contributed by atoms with Crippen molar-refractivity contribution in [3.63, 3.8) is 0 Å². The summed E-state index contributed by atoms with van der Waals surface area (Å²) in [5.41, 5.74) is 0. The highest BCUT2D eigenvalue weighted by Crippen LogP contribution is 2.61. The van der Waals surface area contributed by atoms with Gasteiger partial charge in [-0.05, 0) is 48.7 Å². The smallest absolute Gasteiger partial charge is 0.0345 e. The van der Waals surface area contributed by atoms with Crippen molar-refractivity contribution in [3.8, 4) is 0 Å². The van der Waals surface area contributed by atoms with Crippen molar-refractivity contribution < 1.29 is 0 Å². The molecule has 0 amide bonds. The highest BCUT2D eigenvalue weighted by molar-refractivity contribution is 14.3. The molecule has 0 atom stereocenters. The number of rotatable bonds is 1. The molecule has 0 rings (SSSR count). The van der Waals surface area contributed by atoms with Crippen molar-refractivity contribution in [1.29, 1.82) is 0 Å². The molecule has 0 aromatic heterocycles. The van der Waals surface area contributed by atoms with E-state index in [0.29, 0.717) is 0 Å². The van der Waals surface area contributed by atoms with Gasteiger partial charge in [0.05, 0.1) is 0 Å². The van der Waals surface area contributed by atoms with Crippen molar-refractivity contribution in [2.24, 2.45) is 0 Å². The second-order valence-electron chi connectivity index (χ2n) is 0.864. The van der Waals surface area contributed by atoms with Crippen LogP contribution in [0.4, 0.5) is 0 Å². The van der Waals surface area contributed by atoms with Crippen molar-refractivity contribution in [1.82, 2.24) is 0 Å². The summed E-state index contributed by atoms with van der Waals surface area (Å²) in [5, 5.41) is 0. The Kier molecular flexibility index (Phi) is 5.06. The van der Waals surface area contributed by atoms with E-state index in [1.54, 1.807) is 0 Å². The largest absolute Gasteiger partial charge is 0.290 e. The molecule has 0 N–H and O–H groups in total. The zero-order chi connectivity index (χ0) is 6.08. The fourth-order valence-corrected chi connectivity index (χ4v) is 0. The lowest BCUT2D eigenvalue weighted by Gasteiger charge is -2.25. The van der Waals surface area contributed by atoms with Crippen LogP contribution < -0.4 is 0 Å². The molecule has 0 saturated carbocycles. The summed E-state index contributed by atoms with van der Waals surface area (Å²) in [6.45, 7) is 0. The fraction of sp³-hybridized carbons (Fsp3) is 1.00. The van der Waals surface area contributed by atoms with Crippen LogP contribution in [0.3, 0.4) is 0 Å². The van der Waals surface area contributed by atoms with Gasteiger partial charge in [-0.15, -0.1) is 0 Å². The van der Waals surface area contributed by atoms with Gasteiger partial charge in [-0.2, -0.15) is 0 Å². The second kappa shape index (κ2) is 3.69. The van der Waals surface area contributed by atoms with Gasteiger partial charge in [-0.1, -0.05) is 0 Å². The zero-order valence-corrected chi connectivity index (χ0v) is 11.0. The van der Waals surface area contributed by atoms with Crippen LogP contribution in [0.15, 0.2) is 0 Å². The first kappa shape index (κ1) is 9.60. The number of hydrogen-bond acceptors (Lipinski definition) is 3. The Morgan fingerprint density at radius 3 is 1.57 bits per heavy atom. The summed E-state index contributed by atoms with van der Waals surface area (Å²) < 4.78 is -0.643. The lowest BCUT2D eigenvalue weighted by atomic mass is 12.0. The summed E-state index contributed by atoms with van der Waals surface area (Å²) in [7, 11) is -0.210. The highest BCUT2D eigenvalue weighted by atomic mass is 127. The number of hydrogen-bond donors (Lipinski definition) is 0. The van der Waals surface area contributed by atoms with Crippen LogP contribution in [0.5, 0.6) is 0 Å². The first-order chi connectivity index (χ1) is 2.94. The van der Waals surface area contributed by atoms with Crippen molar-refractivity contribution >= 4 is 75.2 Å². The Hall–Kier alpha value is 2.60. The third kappa shape index (κ3) is 5.07. The molecule has 0 fully saturated rings. The molecule has 0 aliphatic heterocycles. The summed E-state index contributed by atoms with van der Waals surface area (Å²) in [6, 6.07) is 0. The van der Waals surface area contributed by atoms with E-state index in [2.05, 4.69) is 48.7 Å². The number of halogens is 2. The quantitative estimate of drug-likeness (QED) is 0.379. The first-order valence-corrected chi connectivity index (χ1v) is 11.9. The Bertz CT molecular complexity index is 110. The van der Waals surface area contributed by atoms with E-state index in [4.69, 9.17) is 22.4 Å². The predicted molar refractivity (Wildman–Crippen MR) is 63.7 cm³/mol. The maximum atomic E-state index is 4.88. The molecule has 0 radical (unpaired) electrons. The molecule has 0 nitrogen and oxygen atoms in total. The molecule has 0 aliphatic rings. The molecule has 0 bridgehead atoms. The van der Waals surface area contributed by atoms with Crippen molar-refractivity contribution in [2.45, 2.75) is 0 Å². The van der Waals surface area contributed by atoms with Crippen LogP contribution in [0.25, 0.3) is 0 Å². The van der Waals surface area contributed by atoms with Crippen LogP contribution >= 0.6 is 45.8 Å². The molecule has 0 aromatic rings. The normalized spacial score (nSPS) is 14.9. The minimum atomic E-state index is -0.643. The molecular weight excluding hydrogens is 394 g/mol. The summed E-state index contributed by atoms with van der Waals surface area (Å²) in [5.74, 6) is 0. The molecule has 46 valence electrons. The second-order valence-corrected chi connectivity index (χ2v) is 28.7. The molecular formula is CH3I2S4-. The van der Waals surface area contributed by atoms with E-state index in [1.807, 2.05) is 0 Å². The first-order valence-electron chi connectivity index (χ1n) is 1.22. The van der Waals surface area contributed by atoms with E-state index in [1.165, 1.54) is 0 Å². The Morgan fingerprint density at radius 1 is 1.43 bits per heavy atom. The van der Waals surface area contributed by atoms with Gasteiger partial charge in [-0.3, -0.25) is 7.05 Å². The monoisotopic (exact) mass is 397 g/mol. The fourth-order valence-electron chi connectivity index (χ4n) is 0. The summed E-state index contributed by atoms with van der Waals surface area (Å²) in [6.07, 6.45) is 2.12. The molecule has 0 saturated heterocycles. The predicted octanol–water partition coefficient (Wildman–Crippen LogP) is 2.58. The highest BCUT2D eigenvalue weighted by Gasteiger charge is 1.91. The third-order valence-corrected chi connectivity index (χ3v) is 22.3. The van der Waals surface area contributed by atoms with Gasteiger partial charge in [0.1, 0.15) is 0 Å². The van der Waals surface area contributed by atoms with E-state index < -0.39 is 3.40 Å². The average molecular weight is 397 g/mol. The van der Waals surface area contributed by atoms with Crippen molar-refractivity contribution in [2.75, 3.05) is 6.26 Å². The standard InChI is InChI=1S/CH3I2S4/c1-7(2,3)6(4)5/h1H3/q-1. The van der Waals surface area contributed by atoms with Gasteiger partial charge in [0.15, 0.2) is 0 Å². The van der Waals surface area contributed by atoms with Gasteiger partial charge in [-0.25, -0.2) is 25.8 Å². The van der Waals surface area contributed by atoms with Gasteiger partial charge in [0.25, 0.3) is 0 Å². The minimum absolute atomic E-state index is 0.210. The Balaban J connectivity index is 4.08. The molecule has 0 unspecified atom stereocenters. The zero-order valence-electron chi connectivity index (χ0n) is 3.39. The van der Waals surface area contributed by atoms with Gasteiger partial charge in [0, 0.05) is 0 Å². The molecule has 0 heterocycles. The maximum absolute atomic E-state index is 4.88. The van der Waals surface area contributed by atoms with Crippen LogP contribution in [0.2, 0.25) is 0 Å². The van der Waals surface area contributed by atoms with Crippen LogP contribution in [0, 0.1) is 0 Å². The van der Waals surface area contributed by atoms with Gasteiger partial charge >= 0.3 is 0 Å². The molecule has 0 spiro atoms. The van der Waals surface area contributed by atoms with E-state index in [0.717, 1.165) is 0 Å². The van der Waals surface area contributed by atoms with Crippen LogP contribution in [0.1, 0.15) is 0 Å². The molecule has 0 aliphatic carbocycles. The lowest BCUT2D eigenvalue weighted by Crippen LogP contribution is -1.70. The van der Waals surface area contributed by atoms with E-state index >= 15 is 0 Å². The molecule has 6 heteroatoms. The van der Waals surface area contributed by atoms with E-state index in [-0.39, 0.29) is 7.05 Å². The maximum Gasteiger partial charge on any atom is -0.0345 e. The van der Waals surface area contributed by atoms with E-state index in [9.17, 15) is 0 Å². The Morgan fingerprint density at radius 2 is 1.57 bits per heavy atom. The van der Waals surface area contributed by atoms with Crippen LogP contribution in [-0.2, 0) is 29.4 Å². The third-order valence-electron chi connectivity index (χ3n) is 0.239. The van der Waals surface area contributed by atoms with Gasteiger partial charge in [0.2, 0.25) is 0 Å². The average Bonchev–Trinajstić information content (AvgIpc) is 1.31. The Labute approximate surface area is 79.9 Å². The van der Waals surface area contributed by atoms with Crippen LogP contribution in [-0.4, -0.2) is 6.26 Å². The molecule has 0 aromatic carbocycles. The topological polar surface area (TPSA) is 0 Å². The molecule has 7 heavy (non-hydrogen) atoms. The summed E-state index contributed by atoms with van der Waals surface area (Å²) in [4.78, 5) is 0. The lowest BCUT2D eigenvalue weighted by molar-refractivity contribution is 2.54. The van der Waals surface area contributed by atoms with Crippen molar-refractivity contribution in [3.05, 3.63) is 0 Å². The summed E-state index contributed by atoms with van der Waals surface area (Å²) >= 11 is 14.4. The van der Waals surface area contributed by atoms with Gasteiger partial charge < -0.3 is 0 Å².